The molecule has 0 radical (unpaired) electrons. The molecule has 1 unspecified atom stereocenters. The molecule has 2 aliphatic heterocycles. The van der Waals surface area contributed by atoms with Crippen LogP contribution in [0.25, 0.3) is 0 Å². The number of nitrogens with zero attached hydrogens (tertiary/aromatic N) is 1. The van der Waals surface area contributed by atoms with Crippen LogP contribution in [-0.4, -0.2) is 49.8 Å². The highest BCUT2D eigenvalue weighted by Gasteiger charge is 2.30. The second kappa shape index (κ2) is 8.29. The Labute approximate surface area is 151 Å². The first kappa shape index (κ1) is 19.0. The van der Waals surface area contributed by atoms with Crippen LogP contribution in [0, 0.1) is 11.8 Å². The van der Waals surface area contributed by atoms with E-state index in [0.29, 0.717) is 11.5 Å². The number of halogens is 3. The van der Waals surface area contributed by atoms with E-state index in [1.807, 2.05) is 4.90 Å². The number of nitrogens with one attached hydrogen (secondary N) is 1. The summed E-state index contributed by atoms with van der Waals surface area (Å²) in [6, 6.07) is 6.35. The van der Waals surface area contributed by atoms with Crippen molar-refractivity contribution < 1.29 is 22.7 Å². The molecule has 1 aromatic carbocycles. The van der Waals surface area contributed by atoms with Gasteiger partial charge < -0.3 is 15.0 Å². The van der Waals surface area contributed by atoms with Crippen LogP contribution in [0.15, 0.2) is 24.3 Å². The average Bonchev–Trinajstić information content (AvgIpc) is 3.14. The standard InChI is InChI=1S/C19H25F3N2O2/c20-19(21,22)13-26-17-3-1-2-14(10-17)11-18(25)24-8-5-15(6-9-24)16-4-7-23-12-16/h1-3,10,15-16,23H,4-9,11-13H2. The Hall–Kier alpha value is -1.76. The summed E-state index contributed by atoms with van der Waals surface area (Å²) in [7, 11) is 0. The van der Waals surface area contributed by atoms with E-state index in [2.05, 4.69) is 5.32 Å². The summed E-state index contributed by atoms with van der Waals surface area (Å²) in [4.78, 5) is 14.4. The van der Waals surface area contributed by atoms with Crippen molar-refractivity contribution in [2.75, 3.05) is 32.8 Å². The van der Waals surface area contributed by atoms with Crippen molar-refractivity contribution in [3.63, 3.8) is 0 Å². The number of ether oxygens (including phenoxy) is 1. The van der Waals surface area contributed by atoms with E-state index >= 15 is 0 Å². The Balaban J connectivity index is 1.49. The largest absolute Gasteiger partial charge is 0.484 e. The molecule has 144 valence electrons. The van der Waals surface area contributed by atoms with Crippen molar-refractivity contribution in [3.8, 4) is 5.75 Å². The fourth-order valence-corrected chi connectivity index (χ4v) is 3.90. The van der Waals surface area contributed by atoms with Gasteiger partial charge in [-0.1, -0.05) is 12.1 Å². The molecule has 0 aliphatic carbocycles. The topological polar surface area (TPSA) is 41.6 Å². The Kier molecular flexibility index (Phi) is 6.06. The third-order valence-electron chi connectivity index (χ3n) is 5.31. The van der Waals surface area contributed by atoms with Gasteiger partial charge >= 0.3 is 6.18 Å². The lowest BCUT2D eigenvalue weighted by Gasteiger charge is -2.34. The molecule has 2 heterocycles. The molecule has 0 saturated carbocycles. The van der Waals surface area contributed by atoms with Gasteiger partial charge in [-0.3, -0.25) is 4.79 Å². The van der Waals surface area contributed by atoms with Gasteiger partial charge in [0.15, 0.2) is 6.61 Å². The molecule has 7 heteroatoms. The lowest BCUT2D eigenvalue weighted by molar-refractivity contribution is -0.153. The number of rotatable bonds is 5. The van der Waals surface area contributed by atoms with Crippen LogP contribution in [0.5, 0.6) is 5.75 Å². The SMILES string of the molecule is O=C(Cc1cccc(OCC(F)(F)F)c1)N1CCC(C2CCNC2)CC1. The third kappa shape index (κ3) is 5.37. The molecular weight excluding hydrogens is 345 g/mol. The van der Waals surface area contributed by atoms with Gasteiger partial charge in [0, 0.05) is 13.1 Å². The van der Waals surface area contributed by atoms with Crippen LogP contribution >= 0.6 is 0 Å². The molecule has 0 spiro atoms. The Morgan fingerprint density at radius 2 is 1.96 bits per heavy atom. The average molecular weight is 370 g/mol. The van der Waals surface area contributed by atoms with Crippen molar-refractivity contribution >= 4 is 5.91 Å². The van der Waals surface area contributed by atoms with Gasteiger partial charge in [0.2, 0.25) is 5.91 Å². The normalized spacial score (nSPS) is 21.8. The number of amides is 1. The Morgan fingerprint density at radius 3 is 2.62 bits per heavy atom. The first-order valence-corrected chi connectivity index (χ1v) is 9.18. The second-order valence-electron chi connectivity index (χ2n) is 7.20. The van der Waals surface area contributed by atoms with Crippen LogP contribution in [0.2, 0.25) is 0 Å². The van der Waals surface area contributed by atoms with E-state index in [-0.39, 0.29) is 18.1 Å². The molecule has 1 amide bonds. The number of carbonyl (C=O) groups is 1. The Morgan fingerprint density at radius 1 is 1.19 bits per heavy atom. The number of hydrogen-bond donors (Lipinski definition) is 1. The van der Waals surface area contributed by atoms with Crippen molar-refractivity contribution in [2.45, 2.75) is 31.9 Å². The van der Waals surface area contributed by atoms with Crippen LogP contribution in [0.3, 0.4) is 0 Å². The first-order chi connectivity index (χ1) is 12.4. The van der Waals surface area contributed by atoms with Gasteiger partial charge in [-0.15, -0.1) is 0 Å². The van der Waals surface area contributed by atoms with E-state index in [1.165, 1.54) is 18.6 Å². The van der Waals surface area contributed by atoms with E-state index in [9.17, 15) is 18.0 Å². The highest BCUT2D eigenvalue weighted by Crippen LogP contribution is 2.29. The van der Waals surface area contributed by atoms with E-state index < -0.39 is 12.8 Å². The van der Waals surface area contributed by atoms with Crippen LogP contribution in [-0.2, 0) is 11.2 Å². The summed E-state index contributed by atoms with van der Waals surface area (Å²) in [5.74, 6) is 1.59. The molecule has 3 rings (SSSR count). The number of alkyl halides is 3. The summed E-state index contributed by atoms with van der Waals surface area (Å²) in [5.41, 5.74) is 0.678. The van der Waals surface area contributed by atoms with E-state index in [0.717, 1.165) is 44.9 Å². The number of piperidine rings is 1. The lowest BCUT2D eigenvalue weighted by atomic mass is 9.83. The minimum Gasteiger partial charge on any atom is -0.484 e. The molecule has 1 N–H and O–H groups in total. The number of likely N-dealkylation sites (tertiary alicyclic amines) is 1. The zero-order valence-corrected chi connectivity index (χ0v) is 14.7. The van der Waals surface area contributed by atoms with Crippen LogP contribution in [0.1, 0.15) is 24.8 Å². The number of carbonyl (C=O) groups excluding carboxylic acids is 1. The Bertz CT molecular complexity index is 607. The molecular formula is C19H25F3N2O2. The molecule has 1 atom stereocenters. The predicted octanol–water partition coefficient (Wildman–Crippen LogP) is 3.02. The van der Waals surface area contributed by atoms with E-state index in [4.69, 9.17) is 4.74 Å². The van der Waals surface area contributed by atoms with Crippen LogP contribution in [0.4, 0.5) is 13.2 Å². The maximum atomic E-state index is 12.5. The van der Waals surface area contributed by atoms with Gasteiger partial charge in [-0.2, -0.15) is 13.2 Å². The lowest BCUT2D eigenvalue weighted by Crippen LogP contribution is -2.41. The monoisotopic (exact) mass is 370 g/mol. The maximum absolute atomic E-state index is 12.5. The molecule has 1 aromatic rings. The molecule has 2 aliphatic rings. The molecule has 4 nitrogen and oxygen atoms in total. The second-order valence-corrected chi connectivity index (χ2v) is 7.20. The van der Waals surface area contributed by atoms with Gasteiger partial charge in [-0.05, 0) is 61.9 Å². The van der Waals surface area contributed by atoms with Crippen molar-refractivity contribution in [2.24, 2.45) is 11.8 Å². The smallest absolute Gasteiger partial charge is 0.422 e. The quantitative estimate of drug-likeness (QED) is 0.866. The van der Waals surface area contributed by atoms with Gasteiger partial charge in [0.1, 0.15) is 5.75 Å². The maximum Gasteiger partial charge on any atom is 0.422 e. The van der Waals surface area contributed by atoms with Gasteiger partial charge in [-0.25, -0.2) is 0 Å². The summed E-state index contributed by atoms with van der Waals surface area (Å²) in [5, 5.41) is 3.40. The highest BCUT2D eigenvalue weighted by molar-refractivity contribution is 5.79. The summed E-state index contributed by atoms with van der Waals surface area (Å²) >= 11 is 0. The van der Waals surface area contributed by atoms with Gasteiger partial charge in [0.05, 0.1) is 6.42 Å². The number of benzene rings is 1. The summed E-state index contributed by atoms with van der Waals surface area (Å²) in [6.45, 7) is 2.39. The minimum atomic E-state index is -4.37. The zero-order chi connectivity index (χ0) is 18.6. The number of hydrogen-bond acceptors (Lipinski definition) is 3. The fraction of sp³-hybridized carbons (Fsp3) is 0.632. The molecule has 2 fully saturated rings. The minimum absolute atomic E-state index is 0.0287. The summed E-state index contributed by atoms with van der Waals surface area (Å²) < 4.78 is 41.5. The zero-order valence-electron chi connectivity index (χ0n) is 14.7. The fourth-order valence-electron chi connectivity index (χ4n) is 3.90. The van der Waals surface area contributed by atoms with Gasteiger partial charge in [0.25, 0.3) is 0 Å². The molecule has 0 bridgehead atoms. The van der Waals surface area contributed by atoms with Crippen molar-refractivity contribution in [1.29, 1.82) is 0 Å². The molecule has 0 aromatic heterocycles. The van der Waals surface area contributed by atoms with Crippen LogP contribution < -0.4 is 10.1 Å². The third-order valence-corrected chi connectivity index (χ3v) is 5.31. The molecule has 26 heavy (non-hydrogen) atoms. The first-order valence-electron chi connectivity index (χ1n) is 9.18. The van der Waals surface area contributed by atoms with Crippen molar-refractivity contribution in [3.05, 3.63) is 29.8 Å². The summed E-state index contributed by atoms with van der Waals surface area (Å²) in [6.07, 6.45) is -0.882. The predicted molar refractivity (Wildman–Crippen MR) is 92.0 cm³/mol. The highest BCUT2D eigenvalue weighted by atomic mass is 19.4. The van der Waals surface area contributed by atoms with E-state index in [1.54, 1.807) is 12.1 Å². The van der Waals surface area contributed by atoms with Crippen molar-refractivity contribution in [1.82, 2.24) is 10.2 Å². The molecule has 2 saturated heterocycles.